The summed E-state index contributed by atoms with van der Waals surface area (Å²) in [5.41, 5.74) is 4.61. The van der Waals surface area contributed by atoms with Crippen LogP contribution in [0, 0.1) is 0 Å². The quantitative estimate of drug-likeness (QED) is 0.464. The summed E-state index contributed by atoms with van der Waals surface area (Å²) >= 11 is 1.63. The van der Waals surface area contributed by atoms with Gasteiger partial charge in [-0.2, -0.15) is 5.10 Å². The van der Waals surface area contributed by atoms with Crippen LogP contribution in [0.15, 0.2) is 52.9 Å². The van der Waals surface area contributed by atoms with Crippen molar-refractivity contribution >= 4 is 38.9 Å². The minimum atomic E-state index is -0.384. The average Bonchev–Trinajstić information content (AvgIpc) is 3.20. The summed E-state index contributed by atoms with van der Waals surface area (Å²) in [6, 6.07) is 12.9. The number of methoxy groups -OCH3 is 2. The summed E-state index contributed by atoms with van der Waals surface area (Å²) in [7, 11) is 4.58. The van der Waals surface area contributed by atoms with Crippen molar-refractivity contribution in [3.63, 3.8) is 0 Å². The van der Waals surface area contributed by atoms with Crippen molar-refractivity contribution < 1.29 is 19.1 Å². The van der Waals surface area contributed by atoms with Gasteiger partial charge in [-0.15, -0.1) is 11.3 Å². The van der Waals surface area contributed by atoms with Gasteiger partial charge in [0.1, 0.15) is 6.54 Å². The van der Waals surface area contributed by atoms with Crippen molar-refractivity contribution in [1.29, 1.82) is 0 Å². The molecule has 0 aliphatic rings. The summed E-state index contributed by atoms with van der Waals surface area (Å²) in [6.07, 6.45) is 0. The molecule has 8 heteroatoms. The molecule has 30 heavy (non-hydrogen) atoms. The summed E-state index contributed by atoms with van der Waals surface area (Å²) in [6.45, 7) is 1.71. The molecule has 156 valence electrons. The lowest BCUT2D eigenvalue weighted by atomic mass is 10.1. The van der Waals surface area contributed by atoms with E-state index in [4.69, 9.17) is 9.47 Å². The Morgan fingerprint density at radius 3 is 2.57 bits per heavy atom. The van der Waals surface area contributed by atoms with E-state index in [1.54, 1.807) is 36.6 Å². The molecule has 0 fully saturated rings. The minimum Gasteiger partial charge on any atom is -0.493 e. The zero-order valence-corrected chi connectivity index (χ0v) is 18.1. The summed E-state index contributed by atoms with van der Waals surface area (Å²) in [4.78, 5) is 26.3. The number of ether oxygens (including phenoxy) is 2. The van der Waals surface area contributed by atoms with Gasteiger partial charge >= 0.3 is 0 Å². The highest BCUT2D eigenvalue weighted by Gasteiger charge is 2.17. The lowest BCUT2D eigenvalue weighted by Crippen LogP contribution is -2.36. The molecule has 0 radical (unpaired) electrons. The van der Waals surface area contributed by atoms with Gasteiger partial charge in [-0.3, -0.25) is 9.59 Å². The van der Waals surface area contributed by atoms with Crippen LogP contribution >= 0.6 is 11.3 Å². The molecule has 0 unspecified atom stereocenters. The molecule has 2 aromatic carbocycles. The molecule has 0 atom stereocenters. The van der Waals surface area contributed by atoms with Crippen LogP contribution in [0.25, 0.3) is 10.1 Å². The fraction of sp³-hybridized carbons (Fsp3) is 0.227. The molecular weight excluding hydrogens is 402 g/mol. The first-order chi connectivity index (χ1) is 14.4. The molecule has 0 bridgehead atoms. The molecule has 0 saturated carbocycles. The molecule has 1 heterocycles. The van der Waals surface area contributed by atoms with E-state index < -0.39 is 0 Å². The van der Waals surface area contributed by atoms with Gasteiger partial charge in [-0.1, -0.05) is 18.2 Å². The van der Waals surface area contributed by atoms with Gasteiger partial charge in [0.2, 0.25) is 0 Å². The van der Waals surface area contributed by atoms with Crippen LogP contribution in [-0.4, -0.2) is 50.2 Å². The number of nitrogens with zero attached hydrogens (tertiary/aromatic N) is 2. The molecule has 1 aromatic heterocycles. The topological polar surface area (TPSA) is 80.2 Å². The van der Waals surface area contributed by atoms with Crippen molar-refractivity contribution in [2.24, 2.45) is 5.10 Å². The Morgan fingerprint density at radius 1 is 1.10 bits per heavy atom. The van der Waals surface area contributed by atoms with Crippen LogP contribution in [0.2, 0.25) is 0 Å². The number of nitrogens with one attached hydrogen (secondary N) is 1. The largest absolute Gasteiger partial charge is 0.493 e. The SMILES string of the molecule is COc1ccc(C(=O)N(C)CC(=O)N/N=C(\C)c2csc3ccccc23)cc1OC. The number of thiophene rings is 1. The van der Waals surface area contributed by atoms with Gasteiger partial charge in [0.05, 0.1) is 19.9 Å². The highest BCUT2D eigenvalue weighted by molar-refractivity contribution is 7.17. The van der Waals surface area contributed by atoms with Crippen LogP contribution in [0.3, 0.4) is 0 Å². The third kappa shape index (κ3) is 4.60. The van der Waals surface area contributed by atoms with Crippen molar-refractivity contribution in [2.45, 2.75) is 6.92 Å². The summed E-state index contributed by atoms with van der Waals surface area (Å²) in [5, 5.41) is 7.31. The highest BCUT2D eigenvalue weighted by atomic mass is 32.1. The Balaban J connectivity index is 1.64. The second-order valence-electron chi connectivity index (χ2n) is 6.61. The lowest BCUT2D eigenvalue weighted by molar-refractivity contribution is -0.121. The molecule has 0 saturated heterocycles. The first kappa shape index (κ1) is 21.3. The number of carbonyl (C=O) groups excluding carboxylic acids is 2. The number of hydrogen-bond acceptors (Lipinski definition) is 6. The Kier molecular flexibility index (Phi) is 6.68. The average molecular weight is 426 g/mol. The number of hydrazone groups is 1. The Morgan fingerprint density at radius 2 is 1.83 bits per heavy atom. The molecule has 3 rings (SSSR count). The molecule has 0 aliphatic heterocycles. The number of hydrogen-bond donors (Lipinski definition) is 1. The van der Waals surface area contributed by atoms with Crippen molar-refractivity contribution in [1.82, 2.24) is 10.3 Å². The van der Waals surface area contributed by atoms with Gasteiger partial charge in [-0.05, 0) is 31.2 Å². The second kappa shape index (κ2) is 9.41. The maximum atomic E-state index is 12.6. The highest BCUT2D eigenvalue weighted by Crippen LogP contribution is 2.28. The second-order valence-corrected chi connectivity index (χ2v) is 7.52. The zero-order valence-electron chi connectivity index (χ0n) is 17.3. The van der Waals surface area contributed by atoms with E-state index in [0.717, 1.165) is 15.6 Å². The van der Waals surface area contributed by atoms with Crippen LogP contribution in [0.5, 0.6) is 11.5 Å². The van der Waals surface area contributed by atoms with Crippen molar-refractivity contribution in [3.8, 4) is 11.5 Å². The third-order valence-electron chi connectivity index (χ3n) is 4.58. The van der Waals surface area contributed by atoms with E-state index in [0.29, 0.717) is 22.8 Å². The van der Waals surface area contributed by atoms with Crippen LogP contribution in [-0.2, 0) is 4.79 Å². The van der Waals surface area contributed by atoms with Gasteiger partial charge in [0.25, 0.3) is 11.8 Å². The third-order valence-corrected chi connectivity index (χ3v) is 5.54. The molecule has 0 aliphatic carbocycles. The Bertz CT molecular complexity index is 1110. The molecule has 2 amide bonds. The van der Waals surface area contributed by atoms with E-state index >= 15 is 0 Å². The number of rotatable bonds is 7. The fourth-order valence-electron chi connectivity index (χ4n) is 2.98. The summed E-state index contributed by atoms with van der Waals surface area (Å²) < 4.78 is 11.6. The van der Waals surface area contributed by atoms with E-state index in [1.165, 1.54) is 19.1 Å². The number of benzene rings is 2. The predicted molar refractivity (Wildman–Crippen MR) is 119 cm³/mol. The van der Waals surface area contributed by atoms with E-state index in [1.807, 2.05) is 36.6 Å². The monoisotopic (exact) mass is 425 g/mol. The van der Waals surface area contributed by atoms with Gasteiger partial charge in [0.15, 0.2) is 11.5 Å². The lowest BCUT2D eigenvalue weighted by Gasteiger charge is -2.17. The Hall–Kier alpha value is -3.39. The number of fused-ring (bicyclic) bond motifs is 1. The van der Waals surface area contributed by atoms with Crippen molar-refractivity contribution in [3.05, 3.63) is 59.0 Å². The standard InChI is InChI=1S/C22H23N3O4S/c1-14(17-13-30-20-8-6-5-7-16(17)20)23-24-21(26)12-25(2)22(27)15-9-10-18(28-3)19(11-15)29-4/h5-11,13H,12H2,1-4H3,(H,24,26)/b23-14+. The molecule has 7 nitrogen and oxygen atoms in total. The van der Waals surface area contributed by atoms with Crippen LogP contribution < -0.4 is 14.9 Å². The van der Waals surface area contributed by atoms with Gasteiger partial charge < -0.3 is 14.4 Å². The number of likely N-dealkylation sites (N-methyl/N-ethyl adjacent to an activating group) is 1. The van der Waals surface area contributed by atoms with Crippen molar-refractivity contribution in [2.75, 3.05) is 27.8 Å². The van der Waals surface area contributed by atoms with Gasteiger partial charge in [0, 0.05) is 33.6 Å². The molecule has 3 aromatic rings. The first-order valence-corrected chi connectivity index (χ1v) is 10.1. The predicted octanol–water partition coefficient (Wildman–Crippen LogP) is 3.53. The first-order valence-electron chi connectivity index (χ1n) is 9.21. The van der Waals surface area contributed by atoms with Crippen LogP contribution in [0.1, 0.15) is 22.8 Å². The number of carbonyl (C=O) groups is 2. The molecule has 1 N–H and O–H groups in total. The maximum absolute atomic E-state index is 12.6. The van der Waals surface area contributed by atoms with Crippen LogP contribution in [0.4, 0.5) is 0 Å². The van der Waals surface area contributed by atoms with Gasteiger partial charge in [-0.25, -0.2) is 5.43 Å². The molecule has 0 spiro atoms. The Labute approximate surface area is 178 Å². The smallest absolute Gasteiger partial charge is 0.259 e. The minimum absolute atomic E-state index is 0.131. The fourth-order valence-corrected chi connectivity index (χ4v) is 3.98. The van der Waals surface area contributed by atoms with E-state index in [9.17, 15) is 9.59 Å². The normalized spacial score (nSPS) is 11.3. The van der Waals surface area contributed by atoms with E-state index in [-0.39, 0.29) is 18.4 Å². The number of amides is 2. The van der Waals surface area contributed by atoms with E-state index in [2.05, 4.69) is 10.5 Å². The zero-order chi connectivity index (χ0) is 21.7. The molecular formula is C22H23N3O4S. The maximum Gasteiger partial charge on any atom is 0.259 e. The summed E-state index contributed by atoms with van der Waals surface area (Å²) in [5.74, 6) is 0.283.